The number of β-lactam (4-membered cyclic amide) rings is 1. The Labute approximate surface area is 327 Å². The van der Waals surface area contributed by atoms with Gasteiger partial charge in [-0.15, -0.1) is 40.0 Å². The quantitative estimate of drug-likeness (QED) is 0.0446. The fourth-order valence-corrected chi connectivity index (χ4v) is 8.95. The summed E-state index contributed by atoms with van der Waals surface area (Å²) in [6.07, 6.45) is 1.55. The average molecular weight is 837 g/mol. The number of ether oxygens (including phenoxy) is 3. The molecule has 0 aliphatic carbocycles. The maximum absolute atomic E-state index is 13.8. The first-order valence-corrected chi connectivity index (χ1v) is 20.0. The Hall–Kier alpha value is -4.71. The van der Waals surface area contributed by atoms with Gasteiger partial charge in [-0.3, -0.25) is 24.1 Å². The maximum Gasteiger partial charge on any atom is 0.361 e. The maximum atomic E-state index is 13.8. The lowest BCUT2D eigenvalue weighted by Crippen LogP contribution is -2.71. The van der Waals surface area contributed by atoms with Crippen molar-refractivity contribution >= 4 is 105 Å². The number of carboxylic acid groups (broad SMARTS) is 1. The largest absolute Gasteiger partial charge is 0.543 e. The highest BCUT2D eigenvalue weighted by Crippen LogP contribution is 2.42. The van der Waals surface area contributed by atoms with E-state index in [9.17, 15) is 33.9 Å². The van der Waals surface area contributed by atoms with Crippen molar-refractivity contribution in [1.29, 1.82) is 0 Å². The first-order chi connectivity index (χ1) is 25.5. The third-order valence-electron chi connectivity index (χ3n) is 6.74. The highest BCUT2D eigenvalue weighted by atomic mass is 32.2. The van der Waals surface area contributed by atoms with Crippen LogP contribution >= 0.6 is 58.2 Å². The van der Waals surface area contributed by atoms with Gasteiger partial charge in [0.1, 0.15) is 26.9 Å². The zero-order valence-electron chi connectivity index (χ0n) is 28.9. The van der Waals surface area contributed by atoms with Gasteiger partial charge in [0.05, 0.1) is 17.9 Å². The van der Waals surface area contributed by atoms with Crippen LogP contribution in [0.1, 0.15) is 40.3 Å². The third kappa shape index (κ3) is 10.1. The van der Waals surface area contributed by atoms with E-state index in [1.807, 2.05) is 0 Å². The van der Waals surface area contributed by atoms with E-state index in [0.717, 1.165) is 50.7 Å². The van der Waals surface area contributed by atoms with Crippen LogP contribution < -0.4 is 25.6 Å². The van der Waals surface area contributed by atoms with Gasteiger partial charge in [-0.1, -0.05) is 21.4 Å². The molecule has 1 aromatic carbocycles. The van der Waals surface area contributed by atoms with Crippen molar-refractivity contribution in [2.24, 2.45) is 5.16 Å². The number of amides is 2. The number of aromatic nitrogens is 3. The number of oxime groups is 1. The minimum absolute atomic E-state index is 0.0436. The number of nitrogens with two attached hydrogens (primary N) is 1. The second-order valence-electron chi connectivity index (χ2n) is 12.0. The molecule has 286 valence electrons. The van der Waals surface area contributed by atoms with Crippen LogP contribution in [0, 0.1) is 0 Å². The van der Waals surface area contributed by atoms with Crippen LogP contribution in [0.4, 0.5) is 5.13 Å². The van der Waals surface area contributed by atoms with E-state index in [0.29, 0.717) is 5.57 Å². The normalized spacial score (nSPS) is 17.5. The smallest absolute Gasteiger partial charge is 0.361 e. The molecule has 0 saturated carbocycles. The van der Waals surface area contributed by atoms with Crippen molar-refractivity contribution in [3.8, 4) is 11.5 Å². The number of nitrogens with zero attached hydrogens (tertiary/aromatic N) is 5. The van der Waals surface area contributed by atoms with Gasteiger partial charge in [-0.2, -0.15) is 0 Å². The van der Waals surface area contributed by atoms with Crippen molar-refractivity contribution < 1.29 is 52.9 Å². The Balaban J connectivity index is 1.39. The van der Waals surface area contributed by atoms with Crippen molar-refractivity contribution in [2.45, 2.75) is 66.2 Å². The molecule has 4 heterocycles. The van der Waals surface area contributed by atoms with Crippen LogP contribution in [0.3, 0.4) is 0 Å². The van der Waals surface area contributed by atoms with Gasteiger partial charge in [-0.25, -0.2) is 9.78 Å². The number of fused-ring (bicyclic) bond motifs is 1. The highest BCUT2D eigenvalue weighted by Gasteiger charge is 2.53. The summed E-state index contributed by atoms with van der Waals surface area (Å²) in [5, 5.41) is 23.3. The fraction of sp³-hybridized carbons (Fsp3) is 0.355. The van der Waals surface area contributed by atoms with E-state index in [2.05, 4.69) is 25.0 Å². The number of carbonyl (C=O) groups excluding carboxylic acids is 6. The molecule has 23 heteroatoms. The lowest BCUT2D eigenvalue weighted by molar-refractivity contribution is -0.301. The molecule has 0 spiro atoms. The molecule has 18 nitrogen and oxygen atoms in total. The summed E-state index contributed by atoms with van der Waals surface area (Å²) in [6, 6.07) is 2.97. The second-order valence-corrected chi connectivity index (χ2v) is 17.2. The number of thioether (sulfide) groups is 3. The lowest BCUT2D eigenvalue weighted by Gasteiger charge is -2.50. The van der Waals surface area contributed by atoms with E-state index in [-0.39, 0.29) is 44.4 Å². The summed E-state index contributed by atoms with van der Waals surface area (Å²) < 4.78 is 20.4. The lowest BCUT2D eigenvalue weighted by atomic mass is 10.0. The van der Waals surface area contributed by atoms with Crippen molar-refractivity contribution in [1.82, 2.24) is 24.8 Å². The Morgan fingerprint density at radius 1 is 1.15 bits per heavy atom. The molecule has 0 radical (unpaired) electrons. The van der Waals surface area contributed by atoms with Gasteiger partial charge in [0.15, 0.2) is 22.3 Å². The molecule has 2 aliphatic rings. The zero-order valence-corrected chi connectivity index (χ0v) is 33.0. The van der Waals surface area contributed by atoms with E-state index in [1.165, 1.54) is 54.0 Å². The monoisotopic (exact) mass is 836 g/mol. The first kappa shape index (κ1) is 40.5. The molecule has 3 aromatic rings. The number of benzene rings is 1. The number of carboxylic acids is 1. The summed E-state index contributed by atoms with van der Waals surface area (Å²) in [5.74, 6) is -5.11. The van der Waals surface area contributed by atoms with Crippen LogP contribution in [0.25, 0.3) is 0 Å². The average Bonchev–Trinajstić information content (AvgIpc) is 3.77. The van der Waals surface area contributed by atoms with Gasteiger partial charge in [-0.05, 0) is 56.1 Å². The Bertz CT molecular complexity index is 2030. The van der Waals surface area contributed by atoms with Gasteiger partial charge < -0.3 is 40.0 Å². The Kier molecular flexibility index (Phi) is 12.9. The Morgan fingerprint density at radius 2 is 1.87 bits per heavy atom. The van der Waals surface area contributed by atoms with Crippen LogP contribution in [-0.4, -0.2) is 94.8 Å². The first-order valence-electron chi connectivity index (χ1n) is 15.5. The van der Waals surface area contributed by atoms with E-state index < -0.39 is 63.9 Å². The zero-order chi connectivity index (χ0) is 39.3. The molecular weight excluding hydrogens is 807 g/mol. The molecule has 2 aromatic heterocycles. The van der Waals surface area contributed by atoms with Gasteiger partial charge in [0, 0.05) is 35.6 Å². The molecule has 3 atom stereocenters. The number of nitrogens with one attached hydrogen (secondary N) is 1. The number of rotatable bonds is 14. The number of carbonyl (C=O) groups is 6. The van der Waals surface area contributed by atoms with Crippen LogP contribution in [0.2, 0.25) is 0 Å². The predicted molar refractivity (Wildman–Crippen MR) is 196 cm³/mol. The number of hydrogen-bond donors (Lipinski definition) is 2. The topological polar surface area (TPSA) is 255 Å². The molecule has 1 saturated heterocycles. The van der Waals surface area contributed by atoms with Gasteiger partial charge in [0.25, 0.3) is 17.3 Å². The molecule has 2 aliphatic heterocycles. The number of aliphatic carboxylic acids is 1. The van der Waals surface area contributed by atoms with Crippen LogP contribution in [0.5, 0.6) is 11.5 Å². The van der Waals surface area contributed by atoms with Crippen molar-refractivity contribution in [2.75, 3.05) is 17.2 Å². The van der Waals surface area contributed by atoms with Crippen LogP contribution in [0.15, 0.2) is 55.3 Å². The molecule has 5 rings (SSSR count). The number of nitrogen functional groups attached to an aromatic ring is 1. The minimum atomic E-state index is -1.57. The molecule has 2 amide bonds. The van der Waals surface area contributed by atoms with Crippen molar-refractivity contribution in [3.63, 3.8) is 0 Å². The molecule has 3 N–H and O–H groups in total. The fourth-order valence-electron chi connectivity index (χ4n) is 4.70. The van der Waals surface area contributed by atoms with E-state index in [1.54, 1.807) is 27.0 Å². The molecule has 1 fully saturated rings. The van der Waals surface area contributed by atoms with Crippen molar-refractivity contribution in [3.05, 3.63) is 46.7 Å². The summed E-state index contributed by atoms with van der Waals surface area (Å²) in [7, 11) is 0. The number of thiazole rings is 1. The van der Waals surface area contributed by atoms with E-state index in [4.69, 9.17) is 24.8 Å². The highest BCUT2D eigenvalue weighted by molar-refractivity contribution is 8.02. The van der Waals surface area contributed by atoms with Gasteiger partial charge >= 0.3 is 17.9 Å². The van der Waals surface area contributed by atoms with E-state index >= 15 is 0 Å². The predicted octanol–water partition coefficient (Wildman–Crippen LogP) is 1.80. The SMILES string of the molecule is CC(=O)Oc1ccc(SC(O/N=C(/C(=O)N[C@@H]2C(=O)N3C(C(=O)[O-])=C(CSc4cnns4)CS[C@H]23)c2csc(N)n2)C(=O)OC(C)(C)C)cc1OC(C)=O. The number of hydrogen-bond acceptors (Lipinski definition) is 21. The van der Waals surface area contributed by atoms with Crippen LogP contribution in [-0.2, 0) is 38.3 Å². The number of esters is 3. The molecule has 54 heavy (non-hydrogen) atoms. The number of anilines is 1. The summed E-state index contributed by atoms with van der Waals surface area (Å²) in [6.45, 7) is 7.20. The summed E-state index contributed by atoms with van der Waals surface area (Å²) >= 11 is 5.48. The molecule has 0 bridgehead atoms. The second kappa shape index (κ2) is 17.2. The standard InChI is InChI=1S/C31H31N7O11S5/c1-13(39)46-18-7-6-16(8-19(18)47-14(2)40)53-29(28(45)48-31(3,4)5)49-36-21(17-12-52-30(32)34-17)24(41)35-22-25(42)38-23(27(43)44)15(11-51-26(22)38)10-50-20-9-33-37-54-20/h6-9,12,22,26,29H,10-11H2,1-5H3,(H2,32,34)(H,35,41)(H,43,44)/p-1/b36-21+/t22-,26-,29?/m1/s1. The minimum Gasteiger partial charge on any atom is -0.543 e. The van der Waals surface area contributed by atoms with Gasteiger partial charge in [0.2, 0.25) is 0 Å². The molecular formula is C31H30N7O11S5-. The summed E-state index contributed by atoms with van der Waals surface area (Å²) in [5.41, 5.74) is 2.99. The third-order valence-corrected chi connectivity index (χ3v) is 11.7. The Morgan fingerprint density at radius 3 is 2.48 bits per heavy atom. The molecule has 1 unspecified atom stereocenters. The summed E-state index contributed by atoms with van der Waals surface area (Å²) in [4.78, 5) is 87.2.